The summed E-state index contributed by atoms with van der Waals surface area (Å²) in [5.74, 6) is 7.53. The maximum Gasteiger partial charge on any atom is 0.210 e. The number of aromatic nitrogens is 3. The molecule has 1 aromatic heterocycles. The third-order valence-corrected chi connectivity index (χ3v) is 4.46. The van der Waals surface area contributed by atoms with E-state index < -0.39 is 0 Å². The summed E-state index contributed by atoms with van der Waals surface area (Å²) in [5, 5.41) is 9.29. The summed E-state index contributed by atoms with van der Waals surface area (Å²) in [7, 11) is 0. The predicted octanol–water partition coefficient (Wildman–Crippen LogP) is 3.66. The van der Waals surface area contributed by atoms with Crippen molar-refractivity contribution >= 4 is 23.4 Å². The predicted molar refractivity (Wildman–Crippen MR) is 91.9 cm³/mol. The van der Waals surface area contributed by atoms with Crippen molar-refractivity contribution in [1.82, 2.24) is 14.9 Å². The van der Waals surface area contributed by atoms with Crippen LogP contribution >= 0.6 is 23.4 Å². The Bertz CT molecular complexity index is 741. The van der Waals surface area contributed by atoms with Crippen molar-refractivity contribution < 1.29 is 9.13 Å². The van der Waals surface area contributed by atoms with Crippen molar-refractivity contribution in [2.24, 2.45) is 0 Å². The van der Waals surface area contributed by atoms with Gasteiger partial charge in [-0.05, 0) is 42.0 Å². The van der Waals surface area contributed by atoms with E-state index in [4.69, 9.17) is 22.2 Å². The van der Waals surface area contributed by atoms with Crippen LogP contribution < -0.4 is 10.6 Å². The highest BCUT2D eigenvalue weighted by Crippen LogP contribution is 2.21. The second-order valence-corrected chi connectivity index (χ2v) is 6.31. The maximum absolute atomic E-state index is 12.9. The monoisotopic (exact) mass is 364 g/mol. The third-order valence-electron chi connectivity index (χ3n) is 3.20. The van der Waals surface area contributed by atoms with E-state index in [-0.39, 0.29) is 12.4 Å². The molecule has 0 atom stereocenters. The number of thioether (sulfide) groups is 1. The molecule has 2 aromatic carbocycles. The highest BCUT2D eigenvalue weighted by molar-refractivity contribution is 7.98. The van der Waals surface area contributed by atoms with Crippen molar-refractivity contribution in [2.75, 3.05) is 5.84 Å². The topological polar surface area (TPSA) is 66.0 Å². The average Bonchev–Trinajstić information content (AvgIpc) is 2.94. The fourth-order valence-corrected chi connectivity index (χ4v) is 2.87. The van der Waals surface area contributed by atoms with Crippen molar-refractivity contribution in [3.05, 3.63) is 70.8 Å². The van der Waals surface area contributed by atoms with Gasteiger partial charge in [-0.3, -0.25) is 0 Å². The van der Waals surface area contributed by atoms with E-state index in [1.54, 1.807) is 36.4 Å². The molecule has 2 N–H and O–H groups in total. The van der Waals surface area contributed by atoms with Gasteiger partial charge in [0.25, 0.3) is 0 Å². The standard InChI is InChI=1S/C16H14ClFN4OS/c17-12-3-7-14(8-4-12)23-9-15-20-21-16(22(15)19)24-10-11-1-5-13(18)6-2-11/h1-8H,9-10,19H2. The summed E-state index contributed by atoms with van der Waals surface area (Å²) in [6, 6.07) is 13.3. The molecule has 8 heteroatoms. The van der Waals surface area contributed by atoms with Gasteiger partial charge in [-0.2, -0.15) is 0 Å². The second-order valence-electron chi connectivity index (χ2n) is 4.93. The van der Waals surface area contributed by atoms with Crippen molar-refractivity contribution in [1.29, 1.82) is 0 Å². The number of hydrogen-bond donors (Lipinski definition) is 1. The van der Waals surface area contributed by atoms with Crippen molar-refractivity contribution in [3.8, 4) is 5.75 Å². The van der Waals surface area contributed by atoms with E-state index in [1.807, 2.05) is 0 Å². The Morgan fingerprint density at radius 2 is 1.79 bits per heavy atom. The van der Waals surface area contributed by atoms with Crippen LogP contribution in [0.25, 0.3) is 0 Å². The minimum atomic E-state index is -0.257. The molecule has 0 spiro atoms. The van der Waals surface area contributed by atoms with Gasteiger partial charge in [0.15, 0.2) is 5.82 Å². The third kappa shape index (κ3) is 4.18. The lowest BCUT2D eigenvalue weighted by molar-refractivity contribution is 0.291. The molecule has 0 aliphatic rings. The first kappa shape index (κ1) is 16.6. The molecule has 3 aromatic rings. The molecular weight excluding hydrogens is 351 g/mol. The first-order chi connectivity index (χ1) is 11.6. The van der Waals surface area contributed by atoms with E-state index in [2.05, 4.69) is 10.2 Å². The molecule has 5 nitrogen and oxygen atoms in total. The SMILES string of the molecule is Nn1c(COc2ccc(Cl)cc2)nnc1SCc1ccc(F)cc1. The van der Waals surface area contributed by atoms with Crippen molar-refractivity contribution in [2.45, 2.75) is 17.5 Å². The van der Waals surface area contributed by atoms with Crippen LogP contribution in [0, 0.1) is 5.82 Å². The molecule has 0 bridgehead atoms. The van der Waals surface area contributed by atoms with Gasteiger partial charge in [-0.25, -0.2) is 9.07 Å². The van der Waals surface area contributed by atoms with Crippen LogP contribution in [0.4, 0.5) is 4.39 Å². The first-order valence-electron chi connectivity index (χ1n) is 7.07. The normalized spacial score (nSPS) is 10.8. The van der Waals surface area contributed by atoms with Crippen LogP contribution in [0.1, 0.15) is 11.4 Å². The van der Waals surface area contributed by atoms with Gasteiger partial charge in [0.05, 0.1) is 0 Å². The smallest absolute Gasteiger partial charge is 0.210 e. The number of ether oxygens (including phenoxy) is 1. The molecule has 0 saturated carbocycles. The number of nitrogens with two attached hydrogens (primary N) is 1. The van der Waals surface area contributed by atoms with Crippen molar-refractivity contribution in [3.63, 3.8) is 0 Å². The maximum atomic E-state index is 12.9. The van der Waals surface area contributed by atoms with Crippen LogP contribution in [0.3, 0.4) is 0 Å². The lowest BCUT2D eigenvalue weighted by atomic mass is 10.2. The molecule has 0 aliphatic carbocycles. The van der Waals surface area contributed by atoms with Gasteiger partial charge in [0, 0.05) is 10.8 Å². The van der Waals surface area contributed by atoms with E-state index in [0.29, 0.717) is 27.5 Å². The number of nitrogens with zero attached hydrogens (tertiary/aromatic N) is 3. The minimum Gasteiger partial charge on any atom is -0.486 e. The van der Waals surface area contributed by atoms with Crippen LogP contribution in [0.15, 0.2) is 53.7 Å². The molecule has 0 saturated heterocycles. The molecule has 0 fully saturated rings. The largest absolute Gasteiger partial charge is 0.486 e. The highest BCUT2D eigenvalue weighted by atomic mass is 35.5. The van der Waals surface area contributed by atoms with Crippen LogP contribution in [-0.4, -0.2) is 14.9 Å². The Labute approximate surface area is 147 Å². The second kappa shape index (κ2) is 7.55. The quantitative estimate of drug-likeness (QED) is 0.534. The molecule has 0 unspecified atom stereocenters. The summed E-state index contributed by atoms with van der Waals surface area (Å²) < 4.78 is 19.9. The summed E-state index contributed by atoms with van der Waals surface area (Å²) in [4.78, 5) is 0. The fraction of sp³-hybridized carbons (Fsp3) is 0.125. The van der Waals surface area contributed by atoms with Gasteiger partial charge in [-0.15, -0.1) is 10.2 Å². The zero-order chi connectivity index (χ0) is 16.9. The number of hydrogen-bond acceptors (Lipinski definition) is 5. The van der Waals surface area contributed by atoms with E-state index in [0.717, 1.165) is 5.56 Å². The summed E-state index contributed by atoms with van der Waals surface area (Å²) >= 11 is 7.25. The number of halogens is 2. The van der Waals surface area contributed by atoms with Gasteiger partial charge in [0.1, 0.15) is 18.2 Å². The Kier molecular flexibility index (Phi) is 5.22. The van der Waals surface area contributed by atoms with E-state index in [1.165, 1.54) is 28.6 Å². The van der Waals surface area contributed by atoms with E-state index >= 15 is 0 Å². The Hall–Kier alpha value is -2.25. The zero-order valence-corrected chi connectivity index (χ0v) is 14.1. The molecule has 1 heterocycles. The number of nitrogen functional groups attached to an aromatic ring is 1. The molecule has 0 aliphatic heterocycles. The first-order valence-corrected chi connectivity index (χ1v) is 8.43. The lowest BCUT2D eigenvalue weighted by Gasteiger charge is -2.06. The van der Waals surface area contributed by atoms with Crippen LogP contribution in [-0.2, 0) is 12.4 Å². The summed E-state index contributed by atoms with van der Waals surface area (Å²) in [5.41, 5.74) is 0.975. The van der Waals surface area contributed by atoms with Gasteiger partial charge in [0.2, 0.25) is 5.16 Å². The summed E-state index contributed by atoms with van der Waals surface area (Å²) in [6.07, 6.45) is 0. The van der Waals surface area contributed by atoms with E-state index in [9.17, 15) is 4.39 Å². The highest BCUT2D eigenvalue weighted by Gasteiger charge is 2.11. The van der Waals surface area contributed by atoms with Crippen LogP contribution in [0.2, 0.25) is 5.02 Å². The molecule has 124 valence electrons. The Balaban J connectivity index is 1.58. The Morgan fingerprint density at radius 1 is 1.08 bits per heavy atom. The zero-order valence-electron chi connectivity index (χ0n) is 12.5. The van der Waals surface area contributed by atoms with Crippen LogP contribution in [0.5, 0.6) is 5.75 Å². The molecule has 0 amide bonds. The Morgan fingerprint density at radius 3 is 2.50 bits per heavy atom. The summed E-state index contributed by atoms with van der Waals surface area (Å²) in [6.45, 7) is 0.197. The molecule has 3 rings (SSSR count). The molecule has 24 heavy (non-hydrogen) atoms. The van der Waals surface area contributed by atoms with Gasteiger partial charge < -0.3 is 10.6 Å². The minimum absolute atomic E-state index is 0.197. The number of benzene rings is 2. The fourth-order valence-electron chi connectivity index (χ4n) is 1.91. The lowest BCUT2D eigenvalue weighted by Crippen LogP contribution is -2.15. The van der Waals surface area contributed by atoms with Gasteiger partial charge in [-0.1, -0.05) is 35.5 Å². The van der Waals surface area contributed by atoms with Gasteiger partial charge >= 0.3 is 0 Å². The average molecular weight is 365 g/mol. The molecular formula is C16H14ClFN4OS. The molecule has 0 radical (unpaired) electrons. The number of rotatable bonds is 6.